The van der Waals surface area contributed by atoms with Crippen LogP contribution in [-0.4, -0.2) is 68.9 Å². The van der Waals surface area contributed by atoms with Gasteiger partial charge in [0, 0.05) is 45.2 Å². The zero-order chi connectivity index (χ0) is 21.2. The van der Waals surface area contributed by atoms with Crippen molar-refractivity contribution in [2.45, 2.75) is 13.0 Å². The second-order valence-corrected chi connectivity index (χ2v) is 7.99. The Morgan fingerprint density at radius 3 is 2.48 bits per heavy atom. The fourth-order valence-electron chi connectivity index (χ4n) is 2.49. The molecule has 1 aromatic heterocycles. The lowest BCUT2D eigenvalue weighted by Crippen LogP contribution is -2.39. The standard InChI is InChI=1S/C21H29N5O2S/c1-25(2)19(27)15-24-21(23-14-18-9-6-12-29-18)22-11-10-16-7-5-8-17(13-16)20(28)26(3)4/h5-9,12-13H,10-11,14-15H2,1-4H3,(H2,22,23,24). The van der Waals surface area contributed by atoms with Crippen molar-refractivity contribution in [3.63, 3.8) is 0 Å². The number of rotatable bonds is 8. The molecule has 2 amide bonds. The van der Waals surface area contributed by atoms with Gasteiger partial charge in [-0.25, -0.2) is 4.99 Å². The van der Waals surface area contributed by atoms with Crippen molar-refractivity contribution in [1.29, 1.82) is 0 Å². The molecule has 0 unspecified atom stereocenters. The van der Waals surface area contributed by atoms with Crippen LogP contribution in [0, 0.1) is 0 Å². The normalized spacial score (nSPS) is 11.1. The van der Waals surface area contributed by atoms with E-state index in [9.17, 15) is 9.59 Å². The van der Waals surface area contributed by atoms with Crippen molar-refractivity contribution in [1.82, 2.24) is 20.4 Å². The highest BCUT2D eigenvalue weighted by Crippen LogP contribution is 2.08. The summed E-state index contributed by atoms with van der Waals surface area (Å²) in [6, 6.07) is 11.7. The highest BCUT2D eigenvalue weighted by Gasteiger charge is 2.09. The Morgan fingerprint density at radius 2 is 1.83 bits per heavy atom. The van der Waals surface area contributed by atoms with Gasteiger partial charge in [0.15, 0.2) is 5.96 Å². The zero-order valence-electron chi connectivity index (χ0n) is 17.4. The molecule has 0 bridgehead atoms. The minimum atomic E-state index is -0.0582. The Hall–Kier alpha value is -2.87. The lowest BCUT2D eigenvalue weighted by atomic mass is 10.1. The first-order chi connectivity index (χ1) is 13.9. The summed E-state index contributed by atoms with van der Waals surface area (Å²) in [5.74, 6) is 0.521. The number of hydrogen-bond acceptors (Lipinski definition) is 4. The van der Waals surface area contributed by atoms with Crippen LogP contribution in [0.25, 0.3) is 0 Å². The van der Waals surface area contributed by atoms with Crippen LogP contribution in [0.2, 0.25) is 0 Å². The monoisotopic (exact) mass is 415 g/mol. The molecule has 0 radical (unpaired) electrons. The fourth-order valence-corrected chi connectivity index (χ4v) is 3.13. The number of likely N-dealkylation sites (N-methyl/N-ethyl adjacent to an activating group) is 1. The van der Waals surface area contributed by atoms with Crippen molar-refractivity contribution in [3.05, 3.63) is 57.8 Å². The van der Waals surface area contributed by atoms with Crippen LogP contribution in [0.15, 0.2) is 46.8 Å². The number of hydrogen-bond donors (Lipinski definition) is 2. The molecule has 0 aliphatic rings. The van der Waals surface area contributed by atoms with Gasteiger partial charge in [0.1, 0.15) is 6.54 Å². The second kappa shape index (κ2) is 11.2. The van der Waals surface area contributed by atoms with Gasteiger partial charge in [0.25, 0.3) is 5.91 Å². The zero-order valence-corrected chi connectivity index (χ0v) is 18.3. The molecule has 29 heavy (non-hydrogen) atoms. The molecule has 7 nitrogen and oxygen atoms in total. The number of benzene rings is 1. The van der Waals surface area contributed by atoms with E-state index in [1.54, 1.807) is 44.4 Å². The van der Waals surface area contributed by atoms with Crippen LogP contribution in [0.4, 0.5) is 0 Å². The lowest BCUT2D eigenvalue weighted by Gasteiger charge is -2.14. The van der Waals surface area contributed by atoms with Crippen molar-refractivity contribution in [2.75, 3.05) is 41.3 Å². The van der Waals surface area contributed by atoms with Gasteiger partial charge in [-0.05, 0) is 35.6 Å². The number of amides is 2. The van der Waals surface area contributed by atoms with Gasteiger partial charge < -0.3 is 20.4 Å². The highest BCUT2D eigenvalue weighted by molar-refractivity contribution is 7.09. The lowest BCUT2D eigenvalue weighted by molar-refractivity contribution is -0.127. The molecule has 0 aliphatic heterocycles. The molecule has 0 saturated heterocycles. The van der Waals surface area contributed by atoms with E-state index >= 15 is 0 Å². The molecule has 8 heteroatoms. The van der Waals surface area contributed by atoms with Crippen LogP contribution < -0.4 is 10.6 Å². The molecule has 0 atom stereocenters. The molecule has 0 aliphatic carbocycles. The summed E-state index contributed by atoms with van der Waals surface area (Å²) in [5, 5.41) is 8.57. The predicted octanol–water partition coefficient (Wildman–Crippen LogP) is 1.82. The molecule has 156 valence electrons. The Morgan fingerprint density at radius 1 is 1.03 bits per heavy atom. The Labute approximate surface area is 176 Å². The van der Waals surface area contributed by atoms with Crippen LogP contribution in [0.3, 0.4) is 0 Å². The van der Waals surface area contributed by atoms with Gasteiger partial charge in [0.2, 0.25) is 5.91 Å². The van der Waals surface area contributed by atoms with Crippen LogP contribution >= 0.6 is 11.3 Å². The first-order valence-electron chi connectivity index (χ1n) is 9.42. The molecule has 0 saturated carbocycles. The van der Waals surface area contributed by atoms with Gasteiger partial charge in [-0.2, -0.15) is 0 Å². The van der Waals surface area contributed by atoms with E-state index in [1.165, 1.54) is 9.78 Å². The van der Waals surface area contributed by atoms with E-state index in [4.69, 9.17) is 0 Å². The summed E-state index contributed by atoms with van der Waals surface area (Å²) in [7, 11) is 6.92. The largest absolute Gasteiger partial charge is 0.356 e. The summed E-state index contributed by atoms with van der Waals surface area (Å²) < 4.78 is 0. The molecule has 1 aromatic carbocycles. The summed E-state index contributed by atoms with van der Waals surface area (Å²) >= 11 is 1.67. The molecule has 0 fully saturated rings. The summed E-state index contributed by atoms with van der Waals surface area (Å²) in [6.07, 6.45) is 0.732. The Balaban J connectivity index is 1.95. The molecule has 2 aromatic rings. The van der Waals surface area contributed by atoms with Gasteiger partial charge in [0.05, 0.1) is 6.54 Å². The third kappa shape index (κ3) is 7.57. The van der Waals surface area contributed by atoms with Gasteiger partial charge in [-0.3, -0.25) is 9.59 Å². The van der Waals surface area contributed by atoms with Gasteiger partial charge >= 0.3 is 0 Å². The smallest absolute Gasteiger partial charge is 0.253 e. The average Bonchev–Trinajstić information content (AvgIpc) is 3.22. The molecule has 0 spiro atoms. The maximum absolute atomic E-state index is 12.1. The molecule has 2 rings (SSSR count). The number of carbonyl (C=O) groups is 2. The number of aliphatic imine (C=N–C) groups is 1. The summed E-state index contributed by atoms with van der Waals surface area (Å²) in [4.78, 5) is 32.7. The van der Waals surface area contributed by atoms with Crippen LogP contribution in [0.1, 0.15) is 20.8 Å². The average molecular weight is 416 g/mol. The number of carbonyl (C=O) groups excluding carboxylic acids is 2. The second-order valence-electron chi connectivity index (χ2n) is 6.96. The number of nitrogens with one attached hydrogen (secondary N) is 2. The van der Waals surface area contributed by atoms with Crippen molar-refractivity contribution < 1.29 is 9.59 Å². The SMILES string of the molecule is CN(C)C(=O)CN=C(NCCc1cccc(C(=O)N(C)C)c1)NCc1cccs1. The third-order valence-corrected chi connectivity index (χ3v) is 5.04. The predicted molar refractivity (Wildman–Crippen MR) is 118 cm³/mol. The molecular formula is C21H29N5O2S. The van der Waals surface area contributed by atoms with E-state index < -0.39 is 0 Å². The first kappa shape index (κ1) is 22.4. The number of thiophene rings is 1. The topological polar surface area (TPSA) is 77.0 Å². The maximum atomic E-state index is 12.1. The number of guanidine groups is 1. The van der Waals surface area contributed by atoms with E-state index in [-0.39, 0.29) is 18.4 Å². The fraction of sp³-hybridized carbons (Fsp3) is 0.381. The maximum Gasteiger partial charge on any atom is 0.253 e. The molecule has 1 heterocycles. The van der Waals surface area contributed by atoms with E-state index in [2.05, 4.69) is 15.6 Å². The summed E-state index contributed by atoms with van der Waals surface area (Å²) in [5.41, 5.74) is 1.74. The van der Waals surface area contributed by atoms with Gasteiger partial charge in [-0.15, -0.1) is 11.3 Å². The Bertz CT molecular complexity index is 831. The van der Waals surface area contributed by atoms with Crippen molar-refractivity contribution in [3.8, 4) is 0 Å². The quantitative estimate of drug-likeness (QED) is 0.509. The molecule has 2 N–H and O–H groups in total. The van der Waals surface area contributed by atoms with Crippen LogP contribution in [0.5, 0.6) is 0 Å². The highest BCUT2D eigenvalue weighted by atomic mass is 32.1. The van der Waals surface area contributed by atoms with E-state index in [0.717, 1.165) is 12.0 Å². The summed E-state index contributed by atoms with van der Waals surface area (Å²) in [6.45, 7) is 1.36. The Kier molecular flexibility index (Phi) is 8.67. The van der Waals surface area contributed by atoms with E-state index in [0.29, 0.717) is 24.6 Å². The third-order valence-electron chi connectivity index (χ3n) is 4.17. The van der Waals surface area contributed by atoms with Crippen molar-refractivity contribution in [2.24, 2.45) is 4.99 Å². The minimum Gasteiger partial charge on any atom is -0.356 e. The van der Waals surface area contributed by atoms with E-state index in [1.807, 2.05) is 41.8 Å². The van der Waals surface area contributed by atoms with Crippen LogP contribution in [-0.2, 0) is 17.8 Å². The minimum absolute atomic E-state index is 0.0122. The number of nitrogens with zero attached hydrogens (tertiary/aromatic N) is 3. The first-order valence-corrected chi connectivity index (χ1v) is 10.3. The van der Waals surface area contributed by atoms with Crippen molar-refractivity contribution >= 4 is 29.1 Å². The van der Waals surface area contributed by atoms with Gasteiger partial charge in [-0.1, -0.05) is 18.2 Å². The molecular weight excluding hydrogens is 386 g/mol.